The second kappa shape index (κ2) is 8.76. The highest BCUT2D eigenvalue weighted by Crippen LogP contribution is 2.68. The monoisotopic (exact) mass is 376 g/mol. The minimum Gasteiger partial charge on any atom is -0.396 e. The van der Waals surface area contributed by atoms with Crippen LogP contribution in [0.3, 0.4) is 0 Å². The van der Waals surface area contributed by atoms with E-state index in [4.69, 9.17) is 0 Å². The zero-order valence-corrected chi connectivity index (χ0v) is 19.1. The van der Waals surface area contributed by atoms with Gasteiger partial charge in [0, 0.05) is 6.61 Å². The van der Waals surface area contributed by atoms with Gasteiger partial charge < -0.3 is 5.11 Å². The van der Waals surface area contributed by atoms with Gasteiger partial charge >= 0.3 is 0 Å². The largest absolute Gasteiger partial charge is 0.396 e. The molecule has 0 aromatic rings. The van der Waals surface area contributed by atoms with Crippen LogP contribution in [-0.2, 0) is 0 Å². The van der Waals surface area contributed by atoms with Gasteiger partial charge in [-0.15, -0.1) is 0 Å². The maximum Gasteiger partial charge on any atom is 0.0431 e. The number of aliphatic hydroxyl groups is 1. The van der Waals surface area contributed by atoms with Crippen molar-refractivity contribution >= 4 is 0 Å². The molecule has 1 heteroatoms. The van der Waals surface area contributed by atoms with Crippen molar-refractivity contribution in [2.45, 2.75) is 112 Å². The molecule has 4 aliphatic carbocycles. The summed E-state index contributed by atoms with van der Waals surface area (Å²) in [4.78, 5) is 0. The van der Waals surface area contributed by atoms with Crippen LogP contribution in [0.15, 0.2) is 0 Å². The Morgan fingerprint density at radius 2 is 1.59 bits per heavy atom. The van der Waals surface area contributed by atoms with E-state index in [2.05, 4.69) is 20.8 Å². The van der Waals surface area contributed by atoms with Gasteiger partial charge in [-0.3, -0.25) is 0 Å². The molecule has 0 radical (unpaired) electrons. The van der Waals surface area contributed by atoms with Crippen LogP contribution in [0.5, 0.6) is 0 Å². The molecule has 0 saturated heterocycles. The van der Waals surface area contributed by atoms with Crippen molar-refractivity contribution in [3.8, 4) is 0 Å². The van der Waals surface area contributed by atoms with Crippen LogP contribution in [0.2, 0.25) is 0 Å². The fraction of sp³-hybridized carbons (Fsp3) is 1.00. The van der Waals surface area contributed by atoms with Gasteiger partial charge in [0.2, 0.25) is 0 Å². The molecule has 27 heavy (non-hydrogen) atoms. The standard InChI is InChI=1S/C24H42O.C2H6/c1-17(7-6-16-25)20-11-12-21-19-10-9-18-8-4-5-14-23(18,2)22(19)13-15-24(20,21)3;1-2/h17-22,25H,4-16H2,1-3H3;1-2H3/t17-,18?,19?,20?,21?,22?,23?,24?;/m1./s1. The molecule has 0 aliphatic heterocycles. The molecule has 0 heterocycles. The molecule has 7 unspecified atom stereocenters. The molecule has 4 aliphatic rings. The lowest BCUT2D eigenvalue weighted by Crippen LogP contribution is -2.53. The average Bonchev–Trinajstić information content (AvgIpc) is 3.04. The van der Waals surface area contributed by atoms with Crippen LogP contribution in [0, 0.1) is 46.3 Å². The highest BCUT2D eigenvalue weighted by Gasteiger charge is 2.59. The summed E-state index contributed by atoms with van der Waals surface area (Å²) in [7, 11) is 0. The second-order valence-electron chi connectivity index (χ2n) is 11.0. The first-order chi connectivity index (χ1) is 13.0. The van der Waals surface area contributed by atoms with Gasteiger partial charge in [-0.05, 0) is 111 Å². The van der Waals surface area contributed by atoms with Crippen LogP contribution < -0.4 is 0 Å². The molecule has 4 fully saturated rings. The van der Waals surface area contributed by atoms with Gasteiger partial charge in [-0.25, -0.2) is 0 Å². The smallest absolute Gasteiger partial charge is 0.0431 e. The third kappa shape index (κ3) is 3.64. The SMILES string of the molecule is CC.C[C@H](CCCO)C1CCC2C3CCC4CCCCC4(C)C3CCC21C. The normalized spacial score (nSPS) is 47.1. The first kappa shape index (κ1) is 21.7. The van der Waals surface area contributed by atoms with Crippen molar-refractivity contribution in [3.63, 3.8) is 0 Å². The number of fused-ring (bicyclic) bond motifs is 5. The maximum absolute atomic E-state index is 9.25. The van der Waals surface area contributed by atoms with Crippen molar-refractivity contribution in [2.24, 2.45) is 46.3 Å². The number of rotatable bonds is 4. The molecule has 0 spiro atoms. The van der Waals surface area contributed by atoms with Gasteiger partial charge in [0.15, 0.2) is 0 Å². The summed E-state index contributed by atoms with van der Waals surface area (Å²) in [5.74, 6) is 5.85. The topological polar surface area (TPSA) is 20.2 Å². The van der Waals surface area contributed by atoms with E-state index < -0.39 is 0 Å². The average molecular weight is 377 g/mol. The highest BCUT2D eigenvalue weighted by atomic mass is 16.2. The van der Waals surface area contributed by atoms with Crippen molar-refractivity contribution in [2.75, 3.05) is 6.61 Å². The molecule has 0 bridgehead atoms. The van der Waals surface area contributed by atoms with Crippen LogP contribution in [0.25, 0.3) is 0 Å². The van der Waals surface area contributed by atoms with Crippen molar-refractivity contribution in [1.29, 1.82) is 0 Å². The van der Waals surface area contributed by atoms with E-state index in [0.29, 0.717) is 17.4 Å². The predicted octanol–water partition coefficient (Wildman–Crippen LogP) is 7.47. The molecule has 8 atom stereocenters. The fourth-order valence-corrected chi connectivity index (χ4v) is 8.88. The first-order valence-corrected chi connectivity index (χ1v) is 12.6. The summed E-state index contributed by atoms with van der Waals surface area (Å²) in [5, 5.41) is 9.25. The Morgan fingerprint density at radius 3 is 2.33 bits per heavy atom. The summed E-state index contributed by atoms with van der Waals surface area (Å²) in [6, 6.07) is 0. The lowest BCUT2D eigenvalue weighted by molar-refractivity contribution is -0.114. The van der Waals surface area contributed by atoms with Crippen LogP contribution >= 0.6 is 0 Å². The Labute approximate surface area is 170 Å². The first-order valence-electron chi connectivity index (χ1n) is 12.6. The van der Waals surface area contributed by atoms with Gasteiger partial charge in [-0.2, -0.15) is 0 Å². The van der Waals surface area contributed by atoms with Crippen LogP contribution in [-0.4, -0.2) is 11.7 Å². The molecule has 0 aromatic carbocycles. The van der Waals surface area contributed by atoms with Crippen LogP contribution in [0.4, 0.5) is 0 Å². The summed E-state index contributed by atoms with van der Waals surface area (Å²) >= 11 is 0. The van der Waals surface area contributed by atoms with Crippen molar-refractivity contribution in [3.05, 3.63) is 0 Å². The van der Waals surface area contributed by atoms with Crippen LogP contribution in [0.1, 0.15) is 112 Å². The second-order valence-corrected chi connectivity index (χ2v) is 11.0. The molecule has 0 amide bonds. The molecular formula is C26H48O. The van der Waals surface area contributed by atoms with Crippen molar-refractivity contribution in [1.82, 2.24) is 0 Å². The maximum atomic E-state index is 9.25. The Kier molecular flexibility index (Phi) is 7.03. The third-order valence-electron chi connectivity index (χ3n) is 10.2. The van der Waals surface area contributed by atoms with E-state index in [1.165, 1.54) is 64.2 Å². The van der Waals surface area contributed by atoms with E-state index in [1.807, 2.05) is 13.8 Å². The van der Waals surface area contributed by atoms with Gasteiger partial charge in [0.25, 0.3) is 0 Å². The molecule has 158 valence electrons. The molecule has 1 N–H and O–H groups in total. The van der Waals surface area contributed by atoms with E-state index in [0.717, 1.165) is 41.9 Å². The van der Waals surface area contributed by atoms with E-state index in [-0.39, 0.29) is 0 Å². The third-order valence-corrected chi connectivity index (χ3v) is 10.2. The minimum atomic E-state index is 0.377. The minimum absolute atomic E-state index is 0.377. The lowest BCUT2D eigenvalue weighted by Gasteiger charge is -2.61. The molecule has 4 saturated carbocycles. The fourth-order valence-electron chi connectivity index (χ4n) is 8.88. The molecule has 0 aromatic heterocycles. The summed E-state index contributed by atoms with van der Waals surface area (Å²) in [5.41, 5.74) is 1.29. The summed E-state index contributed by atoms with van der Waals surface area (Å²) in [6.07, 6.45) is 17.4. The Morgan fingerprint density at radius 1 is 0.852 bits per heavy atom. The van der Waals surface area contributed by atoms with E-state index in [1.54, 1.807) is 6.42 Å². The van der Waals surface area contributed by atoms with Gasteiger partial charge in [0.05, 0.1) is 0 Å². The van der Waals surface area contributed by atoms with E-state index in [9.17, 15) is 5.11 Å². The zero-order chi connectivity index (χ0) is 19.7. The number of hydrogen-bond acceptors (Lipinski definition) is 1. The molecular weight excluding hydrogens is 328 g/mol. The quantitative estimate of drug-likeness (QED) is 0.539. The van der Waals surface area contributed by atoms with Gasteiger partial charge in [0.1, 0.15) is 0 Å². The Bertz CT molecular complexity index is 473. The zero-order valence-electron chi connectivity index (χ0n) is 19.1. The highest BCUT2D eigenvalue weighted by molar-refractivity contribution is 5.09. The summed E-state index contributed by atoms with van der Waals surface area (Å²) < 4.78 is 0. The predicted molar refractivity (Wildman–Crippen MR) is 117 cm³/mol. The Hall–Kier alpha value is -0.0400. The lowest BCUT2D eigenvalue weighted by atomic mass is 9.44. The Balaban J connectivity index is 0.00000102. The van der Waals surface area contributed by atoms with E-state index >= 15 is 0 Å². The molecule has 1 nitrogen and oxygen atoms in total. The summed E-state index contributed by atoms with van der Waals surface area (Å²) in [6.45, 7) is 12.2. The molecule has 4 rings (SSSR count). The van der Waals surface area contributed by atoms with Crippen molar-refractivity contribution < 1.29 is 5.11 Å². The number of aliphatic hydroxyl groups excluding tert-OH is 1. The van der Waals surface area contributed by atoms with Gasteiger partial charge in [-0.1, -0.05) is 47.5 Å². The number of hydrogen-bond donors (Lipinski definition) is 1.